The molecule has 0 saturated carbocycles. The number of ether oxygens (including phenoxy) is 1. The molecule has 3 heterocycles. The number of thiophene rings is 1. The molecular weight excluding hydrogens is 386 g/mol. The number of carbonyl (C=O) groups is 1. The Bertz CT molecular complexity index is 678. The van der Waals surface area contributed by atoms with Crippen molar-refractivity contribution >= 4 is 28.4 Å². The van der Waals surface area contributed by atoms with E-state index in [-0.39, 0.29) is 6.09 Å². The van der Waals surface area contributed by atoms with Crippen LogP contribution < -0.4 is 10.2 Å². The summed E-state index contributed by atoms with van der Waals surface area (Å²) in [5.74, 6) is 1.38. The molecule has 1 aromatic rings. The summed E-state index contributed by atoms with van der Waals surface area (Å²) in [6.07, 6.45) is 1.94. The molecule has 0 spiro atoms. The number of likely N-dealkylation sites (tertiary alicyclic amines) is 1. The van der Waals surface area contributed by atoms with Gasteiger partial charge >= 0.3 is 6.09 Å². The van der Waals surface area contributed by atoms with Crippen molar-refractivity contribution in [1.29, 1.82) is 0 Å². The van der Waals surface area contributed by atoms with E-state index >= 15 is 0 Å². The van der Waals surface area contributed by atoms with Crippen molar-refractivity contribution in [2.24, 2.45) is 10.9 Å². The Balaban J connectivity index is 1.45. The second kappa shape index (κ2) is 9.69. The maximum absolute atomic E-state index is 12.4. The highest BCUT2D eigenvalue weighted by molar-refractivity contribution is 7.14. The summed E-state index contributed by atoms with van der Waals surface area (Å²) in [7, 11) is 1.85. The lowest BCUT2D eigenvalue weighted by Crippen LogP contribution is -2.53. The van der Waals surface area contributed by atoms with E-state index in [0.29, 0.717) is 5.92 Å². The predicted molar refractivity (Wildman–Crippen MR) is 120 cm³/mol. The molecule has 1 unspecified atom stereocenters. The number of nitrogens with zero attached hydrogens (tertiary/aromatic N) is 4. The van der Waals surface area contributed by atoms with E-state index in [4.69, 9.17) is 4.74 Å². The molecule has 162 valence electrons. The van der Waals surface area contributed by atoms with E-state index in [1.54, 1.807) is 11.3 Å². The molecule has 1 atom stereocenters. The number of piperidine rings is 1. The molecule has 29 heavy (non-hydrogen) atoms. The lowest BCUT2D eigenvalue weighted by atomic mass is 9.98. The Labute approximate surface area is 178 Å². The van der Waals surface area contributed by atoms with Crippen LogP contribution in [0.25, 0.3) is 0 Å². The van der Waals surface area contributed by atoms with Crippen molar-refractivity contribution in [3.63, 3.8) is 0 Å². The van der Waals surface area contributed by atoms with Crippen LogP contribution >= 0.6 is 11.3 Å². The van der Waals surface area contributed by atoms with E-state index in [1.165, 1.54) is 5.00 Å². The first kappa shape index (κ1) is 21.7. The summed E-state index contributed by atoms with van der Waals surface area (Å²) >= 11 is 1.80. The van der Waals surface area contributed by atoms with Gasteiger partial charge in [0.25, 0.3) is 0 Å². The molecule has 0 radical (unpaired) electrons. The smallest absolute Gasteiger partial charge is 0.410 e. The number of anilines is 1. The van der Waals surface area contributed by atoms with Crippen LogP contribution in [-0.4, -0.2) is 80.3 Å². The number of hydrogen-bond acceptors (Lipinski definition) is 5. The zero-order chi connectivity index (χ0) is 20.9. The first-order valence-corrected chi connectivity index (χ1v) is 11.5. The van der Waals surface area contributed by atoms with Crippen LogP contribution in [0.2, 0.25) is 0 Å². The van der Waals surface area contributed by atoms with Crippen LogP contribution in [0, 0.1) is 5.92 Å². The zero-order valence-corrected chi connectivity index (χ0v) is 19.0. The van der Waals surface area contributed by atoms with Gasteiger partial charge in [0, 0.05) is 52.9 Å². The lowest BCUT2D eigenvalue weighted by Gasteiger charge is -2.38. The predicted octanol–water partition coefficient (Wildman–Crippen LogP) is 3.09. The summed E-state index contributed by atoms with van der Waals surface area (Å²) < 4.78 is 5.54. The molecule has 1 amide bonds. The molecule has 2 fully saturated rings. The first-order chi connectivity index (χ1) is 13.9. The van der Waals surface area contributed by atoms with Gasteiger partial charge in [0.15, 0.2) is 5.96 Å². The van der Waals surface area contributed by atoms with E-state index < -0.39 is 5.60 Å². The second-order valence-electron chi connectivity index (χ2n) is 8.79. The second-order valence-corrected chi connectivity index (χ2v) is 9.71. The Morgan fingerprint density at radius 2 is 2.00 bits per heavy atom. The van der Waals surface area contributed by atoms with Gasteiger partial charge in [0.1, 0.15) is 5.60 Å². The van der Waals surface area contributed by atoms with Gasteiger partial charge in [-0.05, 0) is 57.0 Å². The summed E-state index contributed by atoms with van der Waals surface area (Å²) in [4.78, 5) is 23.5. The summed E-state index contributed by atoms with van der Waals surface area (Å²) in [6, 6.07) is 4.30. The highest BCUT2D eigenvalue weighted by Gasteiger charge is 2.28. The van der Waals surface area contributed by atoms with E-state index in [9.17, 15) is 4.79 Å². The maximum Gasteiger partial charge on any atom is 0.410 e. The van der Waals surface area contributed by atoms with Crippen LogP contribution in [0.15, 0.2) is 22.5 Å². The molecule has 8 heteroatoms. The summed E-state index contributed by atoms with van der Waals surface area (Å²) in [5, 5.41) is 7.02. The van der Waals surface area contributed by atoms with E-state index in [1.807, 2.05) is 32.7 Å². The van der Waals surface area contributed by atoms with Gasteiger partial charge in [-0.25, -0.2) is 4.79 Å². The van der Waals surface area contributed by atoms with Crippen LogP contribution in [0.1, 0.15) is 33.6 Å². The van der Waals surface area contributed by atoms with Crippen LogP contribution in [0.5, 0.6) is 0 Å². The fourth-order valence-corrected chi connectivity index (χ4v) is 4.67. The van der Waals surface area contributed by atoms with Crippen molar-refractivity contribution < 1.29 is 9.53 Å². The van der Waals surface area contributed by atoms with Gasteiger partial charge in [-0.3, -0.25) is 4.99 Å². The van der Waals surface area contributed by atoms with Crippen LogP contribution in [0.4, 0.5) is 9.80 Å². The lowest BCUT2D eigenvalue weighted by molar-refractivity contribution is 0.0168. The average molecular weight is 422 g/mol. The zero-order valence-electron chi connectivity index (χ0n) is 18.2. The number of rotatable bonds is 3. The Morgan fingerprint density at radius 3 is 2.62 bits per heavy atom. The van der Waals surface area contributed by atoms with Crippen molar-refractivity contribution in [3.8, 4) is 0 Å². The molecule has 1 aromatic heterocycles. The normalized spacial score (nSPS) is 21.3. The third kappa shape index (κ3) is 6.26. The molecule has 0 aliphatic carbocycles. The highest BCUT2D eigenvalue weighted by Crippen LogP contribution is 2.22. The van der Waals surface area contributed by atoms with Crippen molar-refractivity contribution in [2.45, 2.75) is 39.2 Å². The number of nitrogens with one attached hydrogen (secondary N) is 1. The van der Waals surface area contributed by atoms with Gasteiger partial charge in [0.2, 0.25) is 0 Å². The fourth-order valence-electron chi connectivity index (χ4n) is 3.88. The highest BCUT2D eigenvalue weighted by atomic mass is 32.1. The number of aliphatic imine (C=N–C) groups is 1. The minimum Gasteiger partial charge on any atom is -0.444 e. The molecule has 0 aromatic carbocycles. The number of guanidine groups is 1. The fraction of sp³-hybridized carbons (Fsp3) is 0.714. The van der Waals surface area contributed by atoms with E-state index in [2.05, 4.69) is 37.6 Å². The quantitative estimate of drug-likeness (QED) is 0.600. The number of carbonyl (C=O) groups excluding carboxylic acids is 1. The third-order valence-corrected chi connectivity index (χ3v) is 6.26. The monoisotopic (exact) mass is 421 g/mol. The summed E-state index contributed by atoms with van der Waals surface area (Å²) in [6.45, 7) is 12.0. The minimum atomic E-state index is -0.449. The minimum absolute atomic E-state index is 0.198. The Hall–Kier alpha value is -1.96. The maximum atomic E-state index is 12.4. The molecule has 3 rings (SSSR count). The molecular formula is C21H35N5O2S. The molecule has 2 aliphatic heterocycles. The molecule has 7 nitrogen and oxygen atoms in total. The Kier molecular flexibility index (Phi) is 7.27. The van der Waals surface area contributed by atoms with Crippen molar-refractivity contribution in [3.05, 3.63) is 17.5 Å². The van der Waals surface area contributed by atoms with Gasteiger partial charge < -0.3 is 24.8 Å². The van der Waals surface area contributed by atoms with Crippen LogP contribution in [0.3, 0.4) is 0 Å². The molecule has 2 saturated heterocycles. The summed E-state index contributed by atoms with van der Waals surface area (Å²) in [5.41, 5.74) is -0.449. The number of piperazine rings is 1. The van der Waals surface area contributed by atoms with Gasteiger partial charge in [-0.15, -0.1) is 11.3 Å². The SMILES string of the molecule is CN=C(NCC1CCCN(C(=O)OC(C)(C)C)C1)N1CCN(c2cccs2)CC1. The third-order valence-electron chi connectivity index (χ3n) is 5.33. The molecule has 1 N–H and O–H groups in total. The van der Waals surface area contributed by atoms with Crippen molar-refractivity contribution in [2.75, 3.05) is 57.8 Å². The first-order valence-electron chi connectivity index (χ1n) is 10.6. The molecule has 0 bridgehead atoms. The van der Waals surface area contributed by atoms with Crippen LogP contribution in [-0.2, 0) is 4.74 Å². The van der Waals surface area contributed by atoms with Gasteiger partial charge in [-0.1, -0.05) is 0 Å². The van der Waals surface area contributed by atoms with E-state index in [0.717, 1.165) is 64.6 Å². The Morgan fingerprint density at radius 1 is 1.24 bits per heavy atom. The average Bonchev–Trinajstić information content (AvgIpc) is 3.23. The molecule has 2 aliphatic rings. The van der Waals surface area contributed by atoms with Gasteiger partial charge in [-0.2, -0.15) is 0 Å². The van der Waals surface area contributed by atoms with Crippen molar-refractivity contribution in [1.82, 2.24) is 15.1 Å². The largest absolute Gasteiger partial charge is 0.444 e. The standard InChI is InChI=1S/C21H35N5O2S/c1-21(2,3)28-20(27)26-9-5-7-17(16-26)15-23-19(22-4)25-12-10-24(11-13-25)18-8-6-14-29-18/h6,8,14,17H,5,7,9-13,15-16H2,1-4H3,(H,22,23). The number of hydrogen-bond donors (Lipinski definition) is 1. The topological polar surface area (TPSA) is 60.4 Å². The van der Waals surface area contributed by atoms with Gasteiger partial charge in [0.05, 0.1) is 5.00 Å². The number of amides is 1.